The minimum absolute atomic E-state index is 0.117. The van der Waals surface area contributed by atoms with Gasteiger partial charge in [-0.1, -0.05) is 39.0 Å². The molecule has 28 heavy (non-hydrogen) atoms. The fraction of sp³-hybridized carbons (Fsp3) is 0.381. The van der Waals surface area contributed by atoms with Gasteiger partial charge >= 0.3 is 0 Å². The predicted molar refractivity (Wildman–Crippen MR) is 109 cm³/mol. The van der Waals surface area contributed by atoms with Crippen molar-refractivity contribution in [3.05, 3.63) is 58.0 Å². The average molecular weight is 402 g/mol. The molecule has 0 spiro atoms. The van der Waals surface area contributed by atoms with Gasteiger partial charge in [0.1, 0.15) is 5.82 Å². The number of hydrogen-bond donors (Lipinski definition) is 1. The van der Waals surface area contributed by atoms with Gasteiger partial charge in [0.2, 0.25) is 5.91 Å². The lowest BCUT2D eigenvalue weighted by atomic mass is 9.92. The highest BCUT2D eigenvalue weighted by molar-refractivity contribution is 7.12. The second-order valence-electron chi connectivity index (χ2n) is 8.05. The van der Waals surface area contributed by atoms with Crippen LogP contribution in [0, 0.1) is 11.2 Å². The second-order valence-corrected chi connectivity index (χ2v) is 9.00. The van der Waals surface area contributed by atoms with E-state index in [4.69, 9.17) is 0 Å². The van der Waals surface area contributed by atoms with E-state index in [0.29, 0.717) is 12.8 Å². The normalized spacial score (nSPS) is 16.8. The molecule has 2 amide bonds. The number of benzene rings is 1. The van der Waals surface area contributed by atoms with Crippen molar-refractivity contribution in [2.75, 3.05) is 6.54 Å². The molecule has 0 radical (unpaired) electrons. The van der Waals surface area contributed by atoms with Gasteiger partial charge in [-0.15, -0.1) is 11.3 Å². The van der Waals surface area contributed by atoms with Crippen molar-refractivity contribution in [2.45, 2.75) is 39.7 Å². The Bertz CT molecular complexity index is 870. The highest BCUT2D eigenvalue weighted by atomic mass is 32.1. The number of nitrogens with one attached hydrogen (secondary N) is 1. The van der Waals surface area contributed by atoms with Crippen LogP contribution < -0.4 is 5.32 Å². The molecule has 5 nitrogen and oxygen atoms in total. The van der Waals surface area contributed by atoms with Crippen molar-refractivity contribution in [3.8, 4) is 0 Å². The minimum Gasteiger partial charge on any atom is -0.347 e. The first-order chi connectivity index (χ1) is 13.2. The van der Waals surface area contributed by atoms with Gasteiger partial charge in [0.15, 0.2) is 0 Å². The van der Waals surface area contributed by atoms with E-state index in [0.717, 1.165) is 16.2 Å². The summed E-state index contributed by atoms with van der Waals surface area (Å²) in [7, 11) is 0. The van der Waals surface area contributed by atoms with Crippen LogP contribution >= 0.6 is 11.3 Å². The van der Waals surface area contributed by atoms with Gasteiger partial charge in [-0.2, -0.15) is 5.10 Å². The predicted octanol–water partition coefficient (Wildman–Crippen LogP) is 4.12. The number of rotatable bonds is 5. The molecule has 1 aromatic carbocycles. The largest absolute Gasteiger partial charge is 0.347 e. The van der Waals surface area contributed by atoms with E-state index in [1.54, 1.807) is 23.5 Å². The summed E-state index contributed by atoms with van der Waals surface area (Å²) in [6, 6.07) is 9.69. The Hall–Kier alpha value is -2.54. The van der Waals surface area contributed by atoms with Crippen LogP contribution in [-0.2, 0) is 9.59 Å². The molecule has 2 heterocycles. The van der Waals surface area contributed by atoms with Crippen LogP contribution in [0.2, 0.25) is 0 Å². The maximum absolute atomic E-state index is 13.3. The summed E-state index contributed by atoms with van der Waals surface area (Å²) in [5.74, 6) is -0.780. The van der Waals surface area contributed by atoms with Crippen LogP contribution in [0.25, 0.3) is 0 Å². The number of amides is 2. The van der Waals surface area contributed by atoms with E-state index < -0.39 is 0 Å². The highest BCUT2D eigenvalue weighted by Gasteiger charge is 2.33. The Labute approximate surface area is 168 Å². The van der Waals surface area contributed by atoms with E-state index >= 15 is 0 Å². The molecule has 1 aliphatic rings. The van der Waals surface area contributed by atoms with Gasteiger partial charge in [-0.3, -0.25) is 9.59 Å². The molecular weight excluding hydrogens is 377 g/mol. The Kier molecular flexibility index (Phi) is 5.93. The van der Waals surface area contributed by atoms with E-state index in [1.807, 2.05) is 38.3 Å². The first-order valence-corrected chi connectivity index (χ1v) is 10.1. The van der Waals surface area contributed by atoms with Crippen LogP contribution in [-0.4, -0.2) is 29.1 Å². The van der Waals surface area contributed by atoms with Gasteiger partial charge in [0.25, 0.3) is 5.91 Å². The van der Waals surface area contributed by atoms with Crippen molar-refractivity contribution < 1.29 is 14.0 Å². The molecule has 0 bridgehead atoms. The number of hydrogen-bond acceptors (Lipinski definition) is 4. The molecule has 0 fully saturated rings. The molecule has 2 aromatic rings. The zero-order valence-corrected chi connectivity index (χ0v) is 17.1. The van der Waals surface area contributed by atoms with Crippen molar-refractivity contribution in [1.29, 1.82) is 0 Å². The lowest BCUT2D eigenvalue weighted by molar-refractivity contribution is -0.134. The van der Waals surface area contributed by atoms with E-state index in [2.05, 4.69) is 10.4 Å². The highest BCUT2D eigenvalue weighted by Crippen LogP contribution is 2.33. The van der Waals surface area contributed by atoms with Crippen LogP contribution in [0.4, 0.5) is 4.39 Å². The topological polar surface area (TPSA) is 61.8 Å². The first-order valence-electron chi connectivity index (χ1n) is 9.18. The summed E-state index contributed by atoms with van der Waals surface area (Å²) < 4.78 is 13.3. The summed E-state index contributed by atoms with van der Waals surface area (Å²) >= 11 is 1.56. The number of carbonyl (C=O) groups excluding carboxylic acids is 2. The van der Waals surface area contributed by atoms with Crippen LogP contribution in [0.3, 0.4) is 0 Å². The van der Waals surface area contributed by atoms with Crippen molar-refractivity contribution in [3.63, 3.8) is 0 Å². The third kappa shape index (κ3) is 5.04. The molecule has 1 N–H and O–H groups in total. The summed E-state index contributed by atoms with van der Waals surface area (Å²) in [6.45, 7) is 5.79. The van der Waals surface area contributed by atoms with Crippen molar-refractivity contribution in [2.24, 2.45) is 10.5 Å². The molecular formula is C21H24FN3O2S. The summed E-state index contributed by atoms with van der Waals surface area (Å²) in [6.07, 6.45) is 0.888. The van der Waals surface area contributed by atoms with Crippen LogP contribution in [0.5, 0.6) is 0 Å². The number of thiophene rings is 1. The van der Waals surface area contributed by atoms with Crippen LogP contribution in [0.1, 0.15) is 50.1 Å². The van der Waals surface area contributed by atoms with Gasteiger partial charge in [-0.25, -0.2) is 9.40 Å². The molecule has 0 saturated heterocycles. The number of carbonyl (C=O) groups is 2. The minimum atomic E-state index is -0.325. The van der Waals surface area contributed by atoms with Crippen molar-refractivity contribution >= 4 is 28.9 Å². The molecule has 3 rings (SSSR count). The van der Waals surface area contributed by atoms with Gasteiger partial charge in [0, 0.05) is 12.8 Å². The van der Waals surface area contributed by atoms with Crippen molar-refractivity contribution in [1.82, 2.24) is 10.3 Å². The standard InChI is InChI=1S/C21H24FN3O2S/c1-21(2,3)12-19(26)23-13-20(27)25-17(14-6-8-15(22)9-7-14)11-16(24-25)18-5-4-10-28-18/h4-10,17H,11-13H2,1-3H3,(H,23,26)/t17-/m0/s1. The average Bonchev–Trinajstić information content (AvgIpc) is 3.28. The molecule has 0 saturated carbocycles. The third-order valence-corrected chi connectivity index (χ3v) is 5.27. The smallest absolute Gasteiger partial charge is 0.262 e. The fourth-order valence-electron chi connectivity index (χ4n) is 3.08. The summed E-state index contributed by atoms with van der Waals surface area (Å²) in [5, 5.41) is 10.6. The quantitative estimate of drug-likeness (QED) is 0.819. The SMILES string of the molecule is CC(C)(C)CC(=O)NCC(=O)N1N=C(c2cccs2)C[C@H]1c1ccc(F)cc1. The monoisotopic (exact) mass is 401 g/mol. The van der Waals surface area contributed by atoms with E-state index in [1.165, 1.54) is 17.1 Å². The molecule has 148 valence electrons. The molecule has 7 heteroatoms. The molecule has 1 aromatic heterocycles. The van der Waals surface area contributed by atoms with Gasteiger partial charge in [-0.05, 0) is 34.6 Å². The van der Waals surface area contributed by atoms with Gasteiger partial charge in [0.05, 0.1) is 23.2 Å². The first kappa shape index (κ1) is 20.2. The zero-order chi connectivity index (χ0) is 20.3. The summed E-state index contributed by atoms with van der Waals surface area (Å²) in [5.41, 5.74) is 1.48. The van der Waals surface area contributed by atoms with E-state index in [-0.39, 0.29) is 35.6 Å². The molecule has 1 atom stereocenters. The maximum Gasteiger partial charge on any atom is 0.262 e. The Balaban J connectivity index is 1.76. The molecule has 1 aliphatic heterocycles. The van der Waals surface area contributed by atoms with Crippen LogP contribution in [0.15, 0.2) is 46.9 Å². The second kappa shape index (κ2) is 8.22. The number of halogens is 1. The molecule has 0 aliphatic carbocycles. The maximum atomic E-state index is 13.3. The Morgan fingerprint density at radius 3 is 2.57 bits per heavy atom. The number of hydrazone groups is 1. The third-order valence-electron chi connectivity index (χ3n) is 4.35. The zero-order valence-electron chi connectivity index (χ0n) is 16.2. The lowest BCUT2D eigenvalue weighted by Gasteiger charge is -2.23. The Morgan fingerprint density at radius 2 is 1.96 bits per heavy atom. The number of nitrogens with zero attached hydrogens (tertiary/aromatic N) is 2. The van der Waals surface area contributed by atoms with E-state index in [9.17, 15) is 14.0 Å². The lowest BCUT2D eigenvalue weighted by Crippen LogP contribution is -2.38. The molecule has 0 unspecified atom stereocenters. The summed E-state index contributed by atoms with van der Waals surface area (Å²) in [4.78, 5) is 25.9. The van der Waals surface area contributed by atoms with Gasteiger partial charge < -0.3 is 5.32 Å². The Morgan fingerprint density at radius 1 is 1.25 bits per heavy atom. The fourth-order valence-corrected chi connectivity index (χ4v) is 3.80.